The van der Waals surface area contributed by atoms with E-state index in [9.17, 15) is 0 Å². The van der Waals surface area contributed by atoms with Crippen molar-refractivity contribution in [1.29, 1.82) is 0 Å². The monoisotopic (exact) mass is 270 g/mol. The lowest BCUT2D eigenvalue weighted by Gasteiger charge is -2.11. The Morgan fingerprint density at radius 1 is 1.15 bits per heavy atom. The maximum Gasteiger partial charge on any atom is 0.0640 e. The fraction of sp³-hybridized carbons (Fsp3) is 0.500. The highest BCUT2D eigenvalue weighted by molar-refractivity contribution is 5.08. The summed E-state index contributed by atoms with van der Waals surface area (Å²) in [6.45, 7) is 0. The summed E-state index contributed by atoms with van der Waals surface area (Å²) in [5.74, 6) is 0. The van der Waals surface area contributed by atoms with Crippen LogP contribution < -0.4 is 5.73 Å². The van der Waals surface area contributed by atoms with Crippen LogP contribution >= 0.6 is 0 Å². The Morgan fingerprint density at radius 2 is 1.95 bits per heavy atom. The molecule has 0 aliphatic heterocycles. The Labute approximate surface area is 120 Å². The third-order valence-corrected chi connectivity index (χ3v) is 4.03. The van der Waals surface area contributed by atoms with Crippen LogP contribution in [0.4, 0.5) is 0 Å². The van der Waals surface area contributed by atoms with Crippen molar-refractivity contribution in [2.45, 2.75) is 50.6 Å². The molecule has 1 aliphatic rings. The number of nitrogens with two attached hydrogens (primary N) is 1. The zero-order valence-electron chi connectivity index (χ0n) is 11.8. The van der Waals surface area contributed by atoms with Crippen molar-refractivity contribution in [2.75, 3.05) is 0 Å². The molecule has 1 saturated carbocycles. The van der Waals surface area contributed by atoms with E-state index in [4.69, 9.17) is 10.8 Å². The minimum atomic E-state index is 0.0804. The molecule has 2 aromatic rings. The highest BCUT2D eigenvalue weighted by Crippen LogP contribution is 2.28. The van der Waals surface area contributed by atoms with Gasteiger partial charge in [0.1, 0.15) is 0 Å². The van der Waals surface area contributed by atoms with Crippen LogP contribution in [0.2, 0.25) is 0 Å². The fourth-order valence-electron chi connectivity index (χ4n) is 2.99. The van der Waals surface area contributed by atoms with Crippen LogP contribution in [0.5, 0.6) is 0 Å². The summed E-state index contributed by atoms with van der Waals surface area (Å²) in [4.78, 5) is 4.32. The van der Waals surface area contributed by atoms with E-state index in [-0.39, 0.29) is 6.04 Å². The molecule has 106 valence electrons. The Kier molecular flexibility index (Phi) is 4.11. The van der Waals surface area contributed by atoms with Crippen molar-refractivity contribution >= 4 is 0 Å². The van der Waals surface area contributed by atoms with Gasteiger partial charge in [-0.3, -0.25) is 9.67 Å². The zero-order valence-corrected chi connectivity index (χ0v) is 11.8. The molecule has 2 aromatic heterocycles. The maximum atomic E-state index is 6.21. The van der Waals surface area contributed by atoms with Gasteiger partial charge in [-0.25, -0.2) is 0 Å². The maximum absolute atomic E-state index is 6.21. The van der Waals surface area contributed by atoms with Crippen molar-refractivity contribution in [3.05, 3.63) is 48.0 Å². The highest BCUT2D eigenvalue weighted by Gasteiger charge is 2.18. The average Bonchev–Trinajstić information content (AvgIpc) is 3.10. The van der Waals surface area contributed by atoms with E-state index in [2.05, 4.69) is 21.9 Å². The molecule has 1 unspecified atom stereocenters. The molecule has 0 spiro atoms. The fourth-order valence-corrected chi connectivity index (χ4v) is 2.99. The van der Waals surface area contributed by atoms with E-state index in [1.165, 1.54) is 25.7 Å². The molecule has 2 N–H and O–H groups in total. The van der Waals surface area contributed by atoms with Crippen LogP contribution in [0.3, 0.4) is 0 Å². The van der Waals surface area contributed by atoms with E-state index in [1.54, 1.807) is 0 Å². The van der Waals surface area contributed by atoms with Crippen LogP contribution in [0.1, 0.15) is 43.1 Å². The second-order valence-electron chi connectivity index (χ2n) is 5.71. The van der Waals surface area contributed by atoms with Gasteiger partial charge < -0.3 is 5.73 Å². The molecule has 2 heterocycles. The highest BCUT2D eigenvalue weighted by atomic mass is 15.3. The van der Waals surface area contributed by atoms with Crippen molar-refractivity contribution in [2.24, 2.45) is 5.73 Å². The Bertz CT molecular complexity index is 528. The molecule has 3 rings (SSSR count). The second-order valence-corrected chi connectivity index (χ2v) is 5.71. The summed E-state index contributed by atoms with van der Waals surface area (Å²) < 4.78 is 2.13. The summed E-state index contributed by atoms with van der Waals surface area (Å²) in [7, 11) is 0. The third-order valence-electron chi connectivity index (χ3n) is 4.03. The minimum Gasteiger partial charge on any atom is -0.327 e. The predicted molar refractivity (Wildman–Crippen MR) is 79.4 cm³/mol. The smallest absolute Gasteiger partial charge is 0.0640 e. The minimum absolute atomic E-state index is 0.0804. The van der Waals surface area contributed by atoms with Gasteiger partial charge in [-0.1, -0.05) is 18.9 Å². The molecule has 1 atom stereocenters. The number of nitrogens with zero attached hydrogens (tertiary/aromatic N) is 3. The first-order valence-electron chi connectivity index (χ1n) is 7.51. The van der Waals surface area contributed by atoms with E-state index >= 15 is 0 Å². The predicted octanol–water partition coefficient (Wildman–Crippen LogP) is 2.51. The van der Waals surface area contributed by atoms with Gasteiger partial charge in [0.15, 0.2) is 0 Å². The molecular weight excluding hydrogens is 248 g/mol. The van der Waals surface area contributed by atoms with Crippen LogP contribution in [0.15, 0.2) is 36.7 Å². The molecule has 0 bridgehead atoms. The van der Waals surface area contributed by atoms with Crippen LogP contribution in [-0.2, 0) is 12.8 Å². The van der Waals surface area contributed by atoms with Crippen molar-refractivity contribution in [3.8, 4) is 0 Å². The Hall–Kier alpha value is -1.68. The molecular formula is C16H22N4. The van der Waals surface area contributed by atoms with Gasteiger partial charge in [0, 0.05) is 37.0 Å². The van der Waals surface area contributed by atoms with Crippen LogP contribution in [0, 0.1) is 0 Å². The number of hydrogen-bond acceptors (Lipinski definition) is 3. The van der Waals surface area contributed by atoms with E-state index in [1.807, 2.05) is 24.4 Å². The second kappa shape index (κ2) is 6.18. The largest absolute Gasteiger partial charge is 0.327 e. The topological polar surface area (TPSA) is 56.7 Å². The van der Waals surface area contributed by atoms with Gasteiger partial charge in [0.2, 0.25) is 0 Å². The summed E-state index contributed by atoms with van der Waals surface area (Å²) in [5, 5.41) is 4.69. The summed E-state index contributed by atoms with van der Waals surface area (Å²) >= 11 is 0. The molecule has 0 radical (unpaired) electrons. The average molecular weight is 270 g/mol. The van der Waals surface area contributed by atoms with Gasteiger partial charge in [-0.15, -0.1) is 0 Å². The van der Waals surface area contributed by atoms with E-state index in [0.717, 1.165) is 24.2 Å². The molecule has 1 fully saturated rings. The summed E-state index contributed by atoms with van der Waals surface area (Å²) in [5.41, 5.74) is 8.36. The normalized spacial score (nSPS) is 17.4. The summed E-state index contributed by atoms with van der Waals surface area (Å²) in [6.07, 6.45) is 10.7. The van der Waals surface area contributed by atoms with Crippen molar-refractivity contribution in [3.63, 3.8) is 0 Å². The van der Waals surface area contributed by atoms with Crippen molar-refractivity contribution in [1.82, 2.24) is 14.8 Å². The lowest BCUT2D eigenvalue weighted by molar-refractivity contribution is 0.460. The number of aromatic nitrogens is 3. The first-order chi connectivity index (χ1) is 9.81. The van der Waals surface area contributed by atoms with Crippen molar-refractivity contribution < 1.29 is 0 Å². The quantitative estimate of drug-likeness (QED) is 0.908. The zero-order chi connectivity index (χ0) is 13.8. The standard InChI is InChI=1S/C16H22N4/c17-13(11-14-5-3-4-9-18-14)12-15-8-10-20(19-15)16-6-1-2-7-16/h3-5,8-10,13,16H,1-2,6-7,11-12,17H2. The lowest BCUT2D eigenvalue weighted by atomic mass is 10.1. The molecule has 0 aromatic carbocycles. The SMILES string of the molecule is NC(Cc1ccccn1)Cc1ccn(C2CCCC2)n1. The number of rotatable bonds is 5. The Morgan fingerprint density at radius 3 is 2.70 bits per heavy atom. The third kappa shape index (κ3) is 3.25. The van der Waals surface area contributed by atoms with Gasteiger partial charge in [0.05, 0.1) is 11.7 Å². The van der Waals surface area contributed by atoms with E-state index < -0.39 is 0 Å². The molecule has 4 nitrogen and oxygen atoms in total. The van der Waals surface area contributed by atoms with Gasteiger partial charge in [-0.2, -0.15) is 5.10 Å². The van der Waals surface area contributed by atoms with E-state index in [0.29, 0.717) is 6.04 Å². The number of pyridine rings is 1. The number of hydrogen-bond donors (Lipinski definition) is 1. The molecule has 0 saturated heterocycles. The van der Waals surface area contributed by atoms with Crippen LogP contribution in [0.25, 0.3) is 0 Å². The first-order valence-corrected chi connectivity index (χ1v) is 7.51. The van der Waals surface area contributed by atoms with Crippen LogP contribution in [-0.4, -0.2) is 20.8 Å². The lowest BCUT2D eigenvalue weighted by Crippen LogP contribution is -2.26. The molecule has 0 amide bonds. The summed E-state index contributed by atoms with van der Waals surface area (Å²) in [6, 6.07) is 8.75. The van der Waals surface area contributed by atoms with Gasteiger partial charge in [0.25, 0.3) is 0 Å². The van der Waals surface area contributed by atoms with Gasteiger partial charge in [-0.05, 0) is 31.0 Å². The van der Waals surface area contributed by atoms with Gasteiger partial charge >= 0.3 is 0 Å². The Balaban J connectivity index is 1.57. The molecule has 20 heavy (non-hydrogen) atoms. The first kappa shape index (κ1) is 13.3. The molecule has 4 heteroatoms. The molecule has 1 aliphatic carbocycles.